The topological polar surface area (TPSA) is 42.1 Å². The Balaban J connectivity index is 0.000000980. The molecule has 1 aliphatic heterocycles. The molecule has 5 heteroatoms. The summed E-state index contributed by atoms with van der Waals surface area (Å²) in [5.41, 5.74) is 7.15. The zero-order valence-electron chi connectivity index (χ0n) is 8.50. The molecule has 1 atom stereocenters. The summed E-state index contributed by atoms with van der Waals surface area (Å²) in [7, 11) is 0. The number of hydrogen-bond donors (Lipinski definition) is 1. The third-order valence-corrected chi connectivity index (χ3v) is 2.46. The van der Waals surface area contributed by atoms with Crippen molar-refractivity contribution in [3.63, 3.8) is 0 Å². The summed E-state index contributed by atoms with van der Waals surface area (Å²) in [5.74, 6) is 0. The van der Waals surface area contributed by atoms with Gasteiger partial charge in [-0.2, -0.15) is 0 Å². The Morgan fingerprint density at radius 3 is 2.53 bits per heavy atom. The number of nitrogens with two attached hydrogens (primary N) is 1. The van der Waals surface area contributed by atoms with Gasteiger partial charge in [-0.25, -0.2) is 0 Å². The van der Waals surface area contributed by atoms with Crippen LogP contribution in [0.25, 0.3) is 0 Å². The summed E-state index contributed by atoms with van der Waals surface area (Å²) in [6.07, 6.45) is 4.81. The molecular formula is C10H17Cl2N3. The monoisotopic (exact) mass is 249 g/mol. The Morgan fingerprint density at radius 2 is 2.00 bits per heavy atom. The van der Waals surface area contributed by atoms with E-state index in [1.54, 1.807) is 0 Å². The highest BCUT2D eigenvalue weighted by molar-refractivity contribution is 5.85. The van der Waals surface area contributed by atoms with Crippen molar-refractivity contribution in [3.8, 4) is 0 Å². The van der Waals surface area contributed by atoms with Gasteiger partial charge < -0.3 is 5.73 Å². The van der Waals surface area contributed by atoms with Crippen molar-refractivity contribution in [2.24, 2.45) is 5.73 Å². The van der Waals surface area contributed by atoms with Crippen molar-refractivity contribution in [1.29, 1.82) is 0 Å². The third kappa shape index (κ3) is 4.34. The van der Waals surface area contributed by atoms with Gasteiger partial charge in [-0.15, -0.1) is 24.8 Å². The number of halogens is 2. The average molecular weight is 250 g/mol. The maximum atomic E-state index is 5.82. The summed E-state index contributed by atoms with van der Waals surface area (Å²) in [6, 6.07) is 4.50. The number of aromatic nitrogens is 1. The molecule has 1 aromatic rings. The molecule has 2 rings (SSSR count). The molecule has 0 aromatic carbocycles. The van der Waals surface area contributed by atoms with Crippen LogP contribution in [0.3, 0.4) is 0 Å². The van der Waals surface area contributed by atoms with Crippen LogP contribution in [0.5, 0.6) is 0 Å². The van der Waals surface area contributed by atoms with E-state index in [-0.39, 0.29) is 24.8 Å². The van der Waals surface area contributed by atoms with Crippen LogP contribution in [0, 0.1) is 0 Å². The molecule has 0 spiro atoms. The van der Waals surface area contributed by atoms with E-state index in [9.17, 15) is 0 Å². The van der Waals surface area contributed by atoms with Gasteiger partial charge in [0.2, 0.25) is 0 Å². The van der Waals surface area contributed by atoms with E-state index in [4.69, 9.17) is 5.73 Å². The van der Waals surface area contributed by atoms with Crippen LogP contribution in [0.1, 0.15) is 12.0 Å². The van der Waals surface area contributed by atoms with Gasteiger partial charge in [0.15, 0.2) is 0 Å². The first-order valence-electron chi connectivity index (χ1n) is 4.71. The highest BCUT2D eigenvalue weighted by Gasteiger charge is 2.18. The maximum absolute atomic E-state index is 5.82. The highest BCUT2D eigenvalue weighted by atomic mass is 35.5. The predicted octanol–water partition coefficient (Wildman–Crippen LogP) is 1.46. The lowest BCUT2D eigenvalue weighted by molar-refractivity contribution is 0.327. The summed E-state index contributed by atoms with van der Waals surface area (Å²) in [5, 5.41) is 0. The first-order valence-corrected chi connectivity index (χ1v) is 4.71. The Morgan fingerprint density at radius 1 is 1.33 bits per heavy atom. The first kappa shape index (κ1) is 14.6. The van der Waals surface area contributed by atoms with E-state index in [0.717, 1.165) is 26.1 Å². The first-order chi connectivity index (χ1) is 6.34. The van der Waals surface area contributed by atoms with E-state index >= 15 is 0 Å². The van der Waals surface area contributed by atoms with Gasteiger partial charge in [-0.3, -0.25) is 9.88 Å². The van der Waals surface area contributed by atoms with Crippen LogP contribution < -0.4 is 5.73 Å². The fourth-order valence-electron chi connectivity index (χ4n) is 1.75. The van der Waals surface area contributed by atoms with Crippen LogP contribution >= 0.6 is 24.8 Å². The van der Waals surface area contributed by atoms with Crippen LogP contribution in [0.4, 0.5) is 0 Å². The van der Waals surface area contributed by atoms with Crippen molar-refractivity contribution >= 4 is 24.8 Å². The number of rotatable bonds is 2. The second-order valence-electron chi connectivity index (χ2n) is 3.64. The lowest BCUT2D eigenvalue weighted by atomic mass is 10.2. The van der Waals surface area contributed by atoms with E-state index in [1.807, 2.05) is 12.4 Å². The minimum absolute atomic E-state index is 0. The molecule has 0 unspecified atom stereocenters. The molecule has 2 heterocycles. The largest absolute Gasteiger partial charge is 0.326 e. The van der Waals surface area contributed by atoms with Crippen molar-refractivity contribution in [2.45, 2.75) is 19.0 Å². The van der Waals surface area contributed by atoms with Gasteiger partial charge in [0.25, 0.3) is 0 Å². The van der Waals surface area contributed by atoms with Crippen molar-refractivity contribution in [1.82, 2.24) is 9.88 Å². The van der Waals surface area contributed by atoms with Gasteiger partial charge in [-0.05, 0) is 24.1 Å². The zero-order chi connectivity index (χ0) is 9.10. The summed E-state index contributed by atoms with van der Waals surface area (Å²) in [6.45, 7) is 3.17. The van der Waals surface area contributed by atoms with E-state index in [0.29, 0.717) is 6.04 Å². The molecule has 1 aromatic heterocycles. The SMILES string of the molecule is Cl.Cl.N[C@H]1CCN(Cc2ccncc2)C1. The number of nitrogens with zero attached hydrogens (tertiary/aromatic N) is 2. The molecule has 2 N–H and O–H groups in total. The molecule has 15 heavy (non-hydrogen) atoms. The second kappa shape index (κ2) is 7.01. The van der Waals surface area contributed by atoms with Crippen LogP contribution in [-0.2, 0) is 6.54 Å². The predicted molar refractivity (Wildman–Crippen MR) is 66.6 cm³/mol. The van der Waals surface area contributed by atoms with Gasteiger partial charge in [0.1, 0.15) is 0 Å². The van der Waals surface area contributed by atoms with Crippen LogP contribution in [-0.4, -0.2) is 29.0 Å². The molecule has 0 bridgehead atoms. The normalized spacial score (nSPS) is 20.5. The Bertz CT molecular complexity index is 269. The van der Waals surface area contributed by atoms with Gasteiger partial charge in [0, 0.05) is 38.1 Å². The smallest absolute Gasteiger partial charge is 0.0271 e. The maximum Gasteiger partial charge on any atom is 0.0271 e. The number of likely N-dealkylation sites (tertiary alicyclic amines) is 1. The standard InChI is InChI=1S/C10H15N3.2ClH/c11-10-3-6-13(8-10)7-9-1-4-12-5-2-9;;/h1-2,4-5,10H,3,6-8,11H2;2*1H/t10-;;/m0../s1. The number of pyridine rings is 1. The lowest BCUT2D eigenvalue weighted by Gasteiger charge is -2.14. The fraction of sp³-hybridized carbons (Fsp3) is 0.500. The minimum atomic E-state index is 0. The summed E-state index contributed by atoms with van der Waals surface area (Å²) >= 11 is 0. The molecule has 3 nitrogen and oxygen atoms in total. The fourth-order valence-corrected chi connectivity index (χ4v) is 1.75. The minimum Gasteiger partial charge on any atom is -0.326 e. The second-order valence-corrected chi connectivity index (χ2v) is 3.64. The molecule has 0 aliphatic carbocycles. The van der Waals surface area contributed by atoms with E-state index in [1.165, 1.54) is 5.56 Å². The van der Waals surface area contributed by atoms with Crippen LogP contribution in [0.2, 0.25) is 0 Å². The van der Waals surface area contributed by atoms with Crippen molar-refractivity contribution in [2.75, 3.05) is 13.1 Å². The lowest BCUT2D eigenvalue weighted by Crippen LogP contribution is -2.26. The van der Waals surface area contributed by atoms with Gasteiger partial charge in [-0.1, -0.05) is 0 Å². The molecular weight excluding hydrogens is 233 g/mol. The number of hydrogen-bond acceptors (Lipinski definition) is 3. The Kier molecular flexibility index (Phi) is 6.85. The molecule has 0 amide bonds. The molecule has 86 valence electrons. The van der Waals surface area contributed by atoms with Gasteiger partial charge in [0.05, 0.1) is 0 Å². The molecule has 1 saturated heterocycles. The highest BCUT2D eigenvalue weighted by Crippen LogP contribution is 2.10. The Hall–Kier alpha value is -0.350. The Labute approximate surface area is 103 Å². The van der Waals surface area contributed by atoms with Crippen molar-refractivity contribution in [3.05, 3.63) is 30.1 Å². The third-order valence-electron chi connectivity index (χ3n) is 2.46. The molecule has 0 radical (unpaired) electrons. The van der Waals surface area contributed by atoms with E-state index < -0.39 is 0 Å². The quantitative estimate of drug-likeness (QED) is 0.864. The molecule has 1 aliphatic rings. The van der Waals surface area contributed by atoms with Crippen molar-refractivity contribution < 1.29 is 0 Å². The summed E-state index contributed by atoms with van der Waals surface area (Å²) < 4.78 is 0. The molecule has 1 fully saturated rings. The molecule has 0 saturated carbocycles. The summed E-state index contributed by atoms with van der Waals surface area (Å²) in [4.78, 5) is 6.38. The zero-order valence-corrected chi connectivity index (χ0v) is 10.1. The van der Waals surface area contributed by atoms with Crippen LogP contribution in [0.15, 0.2) is 24.5 Å². The average Bonchev–Trinajstić information content (AvgIpc) is 2.53. The van der Waals surface area contributed by atoms with E-state index in [2.05, 4.69) is 22.0 Å². The van der Waals surface area contributed by atoms with Gasteiger partial charge >= 0.3 is 0 Å².